The van der Waals surface area contributed by atoms with E-state index in [2.05, 4.69) is 48.6 Å². The number of likely N-dealkylation sites (N-methyl/N-ethyl adjacent to an activating group) is 1. The quantitative estimate of drug-likeness (QED) is 0.711. The summed E-state index contributed by atoms with van der Waals surface area (Å²) in [5.74, 6) is 0. The molecule has 4 heteroatoms. The highest BCUT2D eigenvalue weighted by atomic mass is 16.7. The predicted octanol–water partition coefficient (Wildman–Crippen LogP) is 1.50. The summed E-state index contributed by atoms with van der Waals surface area (Å²) in [4.78, 5) is 2.17. The summed E-state index contributed by atoms with van der Waals surface area (Å²) in [5.41, 5.74) is 1.28. The number of ether oxygens (including phenoxy) is 2. The molecule has 0 bridgehead atoms. The Hall–Kier alpha value is -0.940. The molecule has 1 aromatic carbocycles. The van der Waals surface area contributed by atoms with Crippen molar-refractivity contribution in [3.05, 3.63) is 35.9 Å². The minimum atomic E-state index is -0.210. The maximum atomic E-state index is 5.19. The highest BCUT2D eigenvalue weighted by molar-refractivity contribution is 5.19. The largest absolute Gasteiger partial charge is 0.355 e. The second-order valence-corrected chi connectivity index (χ2v) is 4.53. The van der Waals surface area contributed by atoms with E-state index in [1.165, 1.54) is 5.56 Å². The zero-order valence-corrected chi connectivity index (χ0v) is 11.7. The van der Waals surface area contributed by atoms with E-state index in [4.69, 9.17) is 9.47 Å². The van der Waals surface area contributed by atoms with E-state index in [0.717, 1.165) is 6.54 Å². The summed E-state index contributed by atoms with van der Waals surface area (Å²) in [6, 6.07) is 10.7. The van der Waals surface area contributed by atoms with Gasteiger partial charge in [-0.15, -0.1) is 0 Å². The third-order valence-corrected chi connectivity index (χ3v) is 2.81. The molecule has 0 fully saturated rings. The van der Waals surface area contributed by atoms with Gasteiger partial charge < -0.3 is 19.7 Å². The fourth-order valence-corrected chi connectivity index (χ4v) is 1.84. The van der Waals surface area contributed by atoms with E-state index in [-0.39, 0.29) is 12.3 Å². The molecular weight excluding hydrogens is 228 g/mol. The van der Waals surface area contributed by atoms with Gasteiger partial charge in [-0.3, -0.25) is 0 Å². The number of nitrogens with one attached hydrogen (secondary N) is 1. The SMILES string of the molecule is COC(CNC(CN(C)C)c1ccccc1)OC. The van der Waals surface area contributed by atoms with Gasteiger partial charge in [0.1, 0.15) is 0 Å². The van der Waals surface area contributed by atoms with Crippen LogP contribution in [0.25, 0.3) is 0 Å². The molecule has 1 atom stereocenters. The van der Waals surface area contributed by atoms with Crippen molar-refractivity contribution in [2.75, 3.05) is 41.4 Å². The van der Waals surface area contributed by atoms with Gasteiger partial charge in [-0.1, -0.05) is 30.3 Å². The Bertz CT molecular complexity index is 313. The molecule has 4 nitrogen and oxygen atoms in total. The van der Waals surface area contributed by atoms with Crippen molar-refractivity contribution in [2.45, 2.75) is 12.3 Å². The Morgan fingerprint density at radius 1 is 1.11 bits per heavy atom. The Labute approximate surface area is 110 Å². The van der Waals surface area contributed by atoms with Crippen LogP contribution in [-0.4, -0.2) is 52.6 Å². The van der Waals surface area contributed by atoms with Crippen molar-refractivity contribution in [3.8, 4) is 0 Å². The first-order valence-corrected chi connectivity index (χ1v) is 6.16. The van der Waals surface area contributed by atoms with Gasteiger partial charge in [0, 0.05) is 33.4 Å². The molecule has 0 saturated heterocycles. The molecule has 1 unspecified atom stereocenters. The molecule has 18 heavy (non-hydrogen) atoms. The van der Waals surface area contributed by atoms with E-state index in [0.29, 0.717) is 6.54 Å². The maximum Gasteiger partial charge on any atom is 0.169 e. The lowest BCUT2D eigenvalue weighted by Crippen LogP contribution is -2.37. The van der Waals surface area contributed by atoms with E-state index in [9.17, 15) is 0 Å². The van der Waals surface area contributed by atoms with Gasteiger partial charge in [-0.2, -0.15) is 0 Å². The number of benzene rings is 1. The number of hydrogen-bond donors (Lipinski definition) is 1. The van der Waals surface area contributed by atoms with Gasteiger partial charge in [-0.05, 0) is 19.7 Å². The summed E-state index contributed by atoms with van der Waals surface area (Å²) in [6.07, 6.45) is -0.210. The highest BCUT2D eigenvalue weighted by Crippen LogP contribution is 2.13. The molecule has 0 aliphatic carbocycles. The molecule has 0 spiro atoms. The molecular formula is C14H24N2O2. The molecule has 0 saturated carbocycles. The number of nitrogens with zero attached hydrogens (tertiary/aromatic N) is 1. The van der Waals surface area contributed by atoms with E-state index in [1.54, 1.807) is 14.2 Å². The Morgan fingerprint density at radius 3 is 2.22 bits per heavy atom. The fourth-order valence-electron chi connectivity index (χ4n) is 1.84. The second kappa shape index (κ2) is 8.21. The van der Waals surface area contributed by atoms with Gasteiger partial charge in [0.15, 0.2) is 6.29 Å². The number of rotatable bonds is 8. The van der Waals surface area contributed by atoms with Crippen molar-refractivity contribution in [3.63, 3.8) is 0 Å². The zero-order valence-electron chi connectivity index (χ0n) is 11.7. The Balaban J connectivity index is 2.62. The van der Waals surface area contributed by atoms with Gasteiger partial charge >= 0.3 is 0 Å². The molecule has 0 aliphatic rings. The lowest BCUT2D eigenvalue weighted by molar-refractivity contribution is -0.100. The fraction of sp³-hybridized carbons (Fsp3) is 0.571. The van der Waals surface area contributed by atoms with Gasteiger partial charge in [0.05, 0.1) is 0 Å². The molecule has 1 rings (SSSR count). The third kappa shape index (κ3) is 5.14. The van der Waals surface area contributed by atoms with Gasteiger partial charge in [0.2, 0.25) is 0 Å². The summed E-state index contributed by atoms with van der Waals surface area (Å²) in [5, 5.41) is 3.48. The van der Waals surface area contributed by atoms with Crippen LogP contribution in [0.2, 0.25) is 0 Å². The lowest BCUT2D eigenvalue weighted by atomic mass is 10.1. The predicted molar refractivity (Wildman–Crippen MR) is 73.5 cm³/mol. The molecule has 0 radical (unpaired) electrons. The summed E-state index contributed by atoms with van der Waals surface area (Å²) in [7, 11) is 7.45. The Morgan fingerprint density at radius 2 is 1.72 bits per heavy atom. The minimum Gasteiger partial charge on any atom is -0.355 e. The van der Waals surface area contributed by atoms with Crippen LogP contribution in [0.15, 0.2) is 30.3 Å². The van der Waals surface area contributed by atoms with Gasteiger partial charge in [0.25, 0.3) is 0 Å². The molecule has 0 amide bonds. The molecule has 1 N–H and O–H groups in total. The first-order valence-electron chi connectivity index (χ1n) is 6.16. The van der Waals surface area contributed by atoms with Crippen LogP contribution in [-0.2, 0) is 9.47 Å². The average molecular weight is 252 g/mol. The standard InChI is InChI=1S/C14H24N2O2/c1-16(2)11-13(12-8-6-5-7-9-12)15-10-14(17-3)18-4/h5-9,13-15H,10-11H2,1-4H3. The van der Waals surface area contributed by atoms with Crippen molar-refractivity contribution >= 4 is 0 Å². The average Bonchev–Trinajstić information content (AvgIpc) is 2.39. The smallest absolute Gasteiger partial charge is 0.169 e. The van der Waals surface area contributed by atoms with Crippen LogP contribution in [0, 0.1) is 0 Å². The van der Waals surface area contributed by atoms with Crippen molar-refractivity contribution < 1.29 is 9.47 Å². The third-order valence-electron chi connectivity index (χ3n) is 2.81. The van der Waals surface area contributed by atoms with E-state index >= 15 is 0 Å². The van der Waals surface area contributed by atoms with Crippen LogP contribution in [0.4, 0.5) is 0 Å². The Kier molecular flexibility index (Phi) is 6.90. The molecule has 102 valence electrons. The first-order chi connectivity index (χ1) is 8.67. The maximum absolute atomic E-state index is 5.19. The lowest BCUT2D eigenvalue weighted by Gasteiger charge is -2.24. The van der Waals surface area contributed by atoms with E-state index in [1.807, 2.05) is 6.07 Å². The summed E-state index contributed by atoms with van der Waals surface area (Å²) in [6.45, 7) is 1.60. The normalized spacial score (nSPS) is 13.2. The minimum absolute atomic E-state index is 0.210. The second-order valence-electron chi connectivity index (χ2n) is 4.53. The van der Waals surface area contributed by atoms with Crippen LogP contribution in [0.3, 0.4) is 0 Å². The first kappa shape index (κ1) is 15.1. The van der Waals surface area contributed by atoms with Crippen molar-refractivity contribution in [1.29, 1.82) is 0 Å². The molecule has 1 aromatic rings. The molecule has 0 aromatic heterocycles. The summed E-state index contributed by atoms with van der Waals surface area (Å²) < 4.78 is 10.4. The number of methoxy groups -OCH3 is 2. The van der Waals surface area contributed by atoms with Gasteiger partial charge in [-0.25, -0.2) is 0 Å². The van der Waals surface area contributed by atoms with Crippen LogP contribution >= 0.6 is 0 Å². The topological polar surface area (TPSA) is 33.7 Å². The van der Waals surface area contributed by atoms with Crippen LogP contribution in [0.5, 0.6) is 0 Å². The molecule has 0 aliphatic heterocycles. The zero-order chi connectivity index (χ0) is 13.4. The van der Waals surface area contributed by atoms with Crippen molar-refractivity contribution in [2.24, 2.45) is 0 Å². The van der Waals surface area contributed by atoms with E-state index < -0.39 is 0 Å². The monoisotopic (exact) mass is 252 g/mol. The van der Waals surface area contributed by atoms with Crippen LogP contribution < -0.4 is 5.32 Å². The molecule has 0 heterocycles. The van der Waals surface area contributed by atoms with Crippen LogP contribution in [0.1, 0.15) is 11.6 Å². The van der Waals surface area contributed by atoms with Crippen molar-refractivity contribution in [1.82, 2.24) is 10.2 Å². The highest BCUT2D eigenvalue weighted by Gasteiger charge is 2.14. The summed E-state index contributed by atoms with van der Waals surface area (Å²) >= 11 is 0. The number of hydrogen-bond acceptors (Lipinski definition) is 4.